The number of thiocarbonyl (C=S) groups is 1. The van der Waals surface area contributed by atoms with Gasteiger partial charge in [-0.1, -0.05) is 24.3 Å². The summed E-state index contributed by atoms with van der Waals surface area (Å²) >= 11 is 5.61. The van der Waals surface area contributed by atoms with Crippen molar-refractivity contribution in [1.82, 2.24) is 14.7 Å². The Bertz CT molecular complexity index is 602. The zero-order valence-corrected chi connectivity index (χ0v) is 14.6. The summed E-state index contributed by atoms with van der Waals surface area (Å²) in [6.07, 6.45) is 1.73. The molecule has 1 amide bonds. The van der Waals surface area contributed by atoms with Crippen LogP contribution in [0.1, 0.15) is 17.5 Å². The van der Waals surface area contributed by atoms with Gasteiger partial charge in [-0.25, -0.2) is 0 Å². The molecule has 0 aliphatic carbocycles. The van der Waals surface area contributed by atoms with E-state index in [0.717, 1.165) is 58.8 Å². The summed E-state index contributed by atoms with van der Waals surface area (Å²) < 4.78 is 5.37. The lowest BCUT2D eigenvalue weighted by atomic mass is 9.95. The molecule has 4 rings (SSSR count). The molecule has 24 heavy (non-hydrogen) atoms. The third kappa shape index (κ3) is 2.94. The first kappa shape index (κ1) is 16.0. The van der Waals surface area contributed by atoms with Gasteiger partial charge in [0.25, 0.3) is 5.91 Å². The van der Waals surface area contributed by atoms with Crippen molar-refractivity contribution >= 4 is 23.2 Å². The van der Waals surface area contributed by atoms with Gasteiger partial charge in [0.15, 0.2) is 5.11 Å². The fourth-order valence-corrected chi connectivity index (χ4v) is 4.23. The molecule has 3 aliphatic rings. The molecular weight excluding hydrogens is 322 g/mol. The van der Waals surface area contributed by atoms with E-state index in [4.69, 9.17) is 17.0 Å². The topological polar surface area (TPSA) is 36.0 Å². The monoisotopic (exact) mass is 345 g/mol. The van der Waals surface area contributed by atoms with E-state index in [9.17, 15) is 4.79 Å². The predicted molar refractivity (Wildman–Crippen MR) is 95.7 cm³/mol. The quantitative estimate of drug-likeness (QED) is 0.768. The number of hydrogen-bond acceptors (Lipinski definition) is 4. The lowest BCUT2D eigenvalue weighted by Gasteiger charge is -2.30. The molecule has 128 valence electrons. The standard InChI is InChI=1S/C18H23N3O2S/c22-17-16-12-14-4-1-2-5-15(14)13-21(16)18(24)20(17)7-3-6-19-8-10-23-11-9-19/h1-2,4-5,16H,3,6-13H2/t16-/m1/s1. The normalized spacial score (nSPS) is 24.2. The van der Waals surface area contributed by atoms with E-state index in [-0.39, 0.29) is 11.9 Å². The third-order valence-electron chi connectivity index (χ3n) is 5.24. The van der Waals surface area contributed by atoms with E-state index >= 15 is 0 Å². The van der Waals surface area contributed by atoms with Gasteiger partial charge in [-0.2, -0.15) is 0 Å². The van der Waals surface area contributed by atoms with Gasteiger partial charge in [-0.15, -0.1) is 0 Å². The average molecular weight is 345 g/mol. The number of carbonyl (C=O) groups excluding carboxylic acids is 1. The second-order valence-corrected chi connectivity index (χ2v) is 7.06. The van der Waals surface area contributed by atoms with Crippen LogP contribution in [0.3, 0.4) is 0 Å². The highest BCUT2D eigenvalue weighted by Crippen LogP contribution is 2.30. The fourth-order valence-electron chi connectivity index (χ4n) is 3.86. The van der Waals surface area contributed by atoms with Crippen LogP contribution in [0.5, 0.6) is 0 Å². The maximum absolute atomic E-state index is 12.8. The van der Waals surface area contributed by atoms with Crippen LogP contribution >= 0.6 is 12.2 Å². The Morgan fingerprint density at radius 3 is 2.67 bits per heavy atom. The number of ether oxygens (including phenoxy) is 1. The zero-order chi connectivity index (χ0) is 16.5. The number of hydrogen-bond donors (Lipinski definition) is 0. The van der Waals surface area contributed by atoms with Crippen LogP contribution in [0.2, 0.25) is 0 Å². The number of benzene rings is 1. The molecular formula is C18H23N3O2S. The first-order chi connectivity index (χ1) is 11.7. The fraction of sp³-hybridized carbons (Fsp3) is 0.556. The first-order valence-corrected chi connectivity index (χ1v) is 9.14. The Balaban J connectivity index is 1.38. The molecule has 2 saturated heterocycles. The lowest BCUT2D eigenvalue weighted by Crippen LogP contribution is -2.39. The lowest BCUT2D eigenvalue weighted by molar-refractivity contribution is -0.128. The number of morpholine rings is 1. The molecule has 0 saturated carbocycles. The highest BCUT2D eigenvalue weighted by Gasteiger charge is 2.44. The first-order valence-electron chi connectivity index (χ1n) is 8.73. The number of nitrogens with zero attached hydrogens (tertiary/aromatic N) is 3. The van der Waals surface area contributed by atoms with E-state index in [1.54, 1.807) is 0 Å². The molecule has 0 bridgehead atoms. The smallest absolute Gasteiger partial charge is 0.251 e. The minimum Gasteiger partial charge on any atom is -0.379 e. The van der Waals surface area contributed by atoms with Gasteiger partial charge in [-0.3, -0.25) is 14.6 Å². The van der Waals surface area contributed by atoms with Crippen molar-refractivity contribution in [2.24, 2.45) is 0 Å². The van der Waals surface area contributed by atoms with E-state index in [2.05, 4.69) is 28.0 Å². The summed E-state index contributed by atoms with van der Waals surface area (Å²) in [5, 5.41) is 0.710. The molecule has 6 heteroatoms. The molecule has 3 heterocycles. The molecule has 0 spiro atoms. The SMILES string of the molecule is O=C1[C@H]2Cc3ccccc3CN2C(=S)N1CCCN1CCOCC1. The van der Waals surface area contributed by atoms with Gasteiger partial charge in [-0.05, 0) is 29.8 Å². The minimum atomic E-state index is -0.101. The van der Waals surface area contributed by atoms with Gasteiger partial charge in [0.05, 0.1) is 13.2 Å². The molecule has 5 nitrogen and oxygen atoms in total. The highest BCUT2D eigenvalue weighted by atomic mass is 32.1. The van der Waals surface area contributed by atoms with Crippen LogP contribution in [0.4, 0.5) is 0 Å². The van der Waals surface area contributed by atoms with Gasteiger partial charge >= 0.3 is 0 Å². The molecule has 0 radical (unpaired) electrons. The summed E-state index contributed by atoms with van der Waals surface area (Å²) in [6, 6.07) is 8.27. The molecule has 1 atom stereocenters. The molecule has 3 aliphatic heterocycles. The summed E-state index contributed by atoms with van der Waals surface area (Å²) in [7, 11) is 0. The molecule has 0 N–H and O–H groups in total. The van der Waals surface area contributed by atoms with E-state index in [1.165, 1.54) is 11.1 Å². The van der Waals surface area contributed by atoms with Crippen molar-refractivity contribution in [2.45, 2.75) is 25.4 Å². The third-order valence-corrected chi connectivity index (χ3v) is 5.69. The second-order valence-electron chi connectivity index (χ2n) is 6.70. The largest absolute Gasteiger partial charge is 0.379 e. The maximum Gasteiger partial charge on any atom is 0.251 e. The van der Waals surface area contributed by atoms with Gasteiger partial charge in [0.2, 0.25) is 0 Å². The minimum absolute atomic E-state index is 0.101. The van der Waals surface area contributed by atoms with Crippen LogP contribution in [0.25, 0.3) is 0 Å². The predicted octanol–water partition coefficient (Wildman–Crippen LogP) is 1.26. The van der Waals surface area contributed by atoms with Crippen LogP contribution in [0.15, 0.2) is 24.3 Å². The van der Waals surface area contributed by atoms with Crippen molar-refractivity contribution in [3.05, 3.63) is 35.4 Å². The van der Waals surface area contributed by atoms with Crippen LogP contribution in [0, 0.1) is 0 Å². The van der Waals surface area contributed by atoms with Crippen molar-refractivity contribution in [2.75, 3.05) is 39.4 Å². The molecule has 0 aromatic heterocycles. The molecule has 1 aromatic rings. The van der Waals surface area contributed by atoms with E-state index in [1.807, 2.05) is 11.0 Å². The van der Waals surface area contributed by atoms with Crippen molar-refractivity contribution in [3.8, 4) is 0 Å². The second kappa shape index (κ2) is 6.78. The van der Waals surface area contributed by atoms with Gasteiger partial charge in [0, 0.05) is 39.1 Å². The van der Waals surface area contributed by atoms with Gasteiger partial charge in [0.1, 0.15) is 6.04 Å². The van der Waals surface area contributed by atoms with Crippen LogP contribution < -0.4 is 0 Å². The van der Waals surface area contributed by atoms with Crippen molar-refractivity contribution in [3.63, 3.8) is 0 Å². The number of amides is 1. The Labute approximate surface area is 148 Å². The Morgan fingerprint density at radius 1 is 1.12 bits per heavy atom. The van der Waals surface area contributed by atoms with Crippen LogP contribution in [-0.4, -0.2) is 71.2 Å². The maximum atomic E-state index is 12.8. The Kier molecular flexibility index (Phi) is 4.52. The number of rotatable bonds is 4. The summed E-state index contributed by atoms with van der Waals surface area (Å²) in [5.74, 6) is 0.177. The van der Waals surface area contributed by atoms with E-state index < -0.39 is 0 Å². The number of carbonyl (C=O) groups is 1. The Morgan fingerprint density at radius 2 is 1.88 bits per heavy atom. The zero-order valence-electron chi connectivity index (χ0n) is 13.8. The average Bonchev–Trinajstić information content (AvgIpc) is 2.85. The molecule has 2 fully saturated rings. The number of fused-ring (bicyclic) bond motifs is 2. The highest BCUT2D eigenvalue weighted by molar-refractivity contribution is 7.80. The van der Waals surface area contributed by atoms with Crippen molar-refractivity contribution < 1.29 is 9.53 Å². The summed E-state index contributed by atoms with van der Waals surface area (Å²) in [6.45, 7) is 6.08. The summed E-state index contributed by atoms with van der Waals surface area (Å²) in [5.41, 5.74) is 2.57. The van der Waals surface area contributed by atoms with Crippen molar-refractivity contribution in [1.29, 1.82) is 0 Å². The molecule has 0 unspecified atom stereocenters. The Hall–Kier alpha value is -1.50. The molecule has 1 aromatic carbocycles. The summed E-state index contributed by atoms with van der Waals surface area (Å²) in [4.78, 5) is 19.1. The van der Waals surface area contributed by atoms with E-state index in [0.29, 0.717) is 5.11 Å². The van der Waals surface area contributed by atoms with Gasteiger partial charge < -0.3 is 9.64 Å². The van der Waals surface area contributed by atoms with Crippen LogP contribution in [-0.2, 0) is 22.5 Å².